The molecule has 0 bridgehead atoms. The lowest BCUT2D eigenvalue weighted by Crippen LogP contribution is -2.45. The van der Waals surface area contributed by atoms with Gasteiger partial charge in [0.25, 0.3) is 0 Å². The summed E-state index contributed by atoms with van der Waals surface area (Å²) in [5.74, 6) is 1.76. The summed E-state index contributed by atoms with van der Waals surface area (Å²) in [7, 11) is 2.24. The summed E-state index contributed by atoms with van der Waals surface area (Å²) in [6, 6.07) is 0.729. The highest BCUT2D eigenvalue weighted by atomic mass is 16.5. The van der Waals surface area contributed by atoms with Gasteiger partial charge in [0.2, 0.25) is 0 Å². The van der Waals surface area contributed by atoms with Crippen LogP contribution < -0.4 is 5.32 Å². The molecular formula is C17H36N2O. The molecule has 3 unspecified atom stereocenters. The van der Waals surface area contributed by atoms with Crippen molar-refractivity contribution >= 4 is 0 Å². The number of rotatable bonds is 10. The Morgan fingerprint density at radius 1 is 1.20 bits per heavy atom. The first-order valence-electron chi connectivity index (χ1n) is 8.70. The zero-order valence-corrected chi connectivity index (χ0v) is 14.2. The van der Waals surface area contributed by atoms with Crippen molar-refractivity contribution in [3.05, 3.63) is 0 Å². The van der Waals surface area contributed by atoms with E-state index < -0.39 is 0 Å². The molecule has 3 heteroatoms. The molecule has 0 heterocycles. The fourth-order valence-electron chi connectivity index (χ4n) is 3.39. The maximum absolute atomic E-state index is 5.47. The molecule has 0 spiro atoms. The van der Waals surface area contributed by atoms with Crippen LogP contribution in [0.3, 0.4) is 0 Å². The van der Waals surface area contributed by atoms with Gasteiger partial charge in [-0.25, -0.2) is 0 Å². The molecule has 1 saturated carbocycles. The molecule has 0 radical (unpaired) electrons. The molecule has 3 nitrogen and oxygen atoms in total. The molecule has 1 aliphatic carbocycles. The van der Waals surface area contributed by atoms with E-state index in [-0.39, 0.29) is 0 Å². The summed E-state index contributed by atoms with van der Waals surface area (Å²) in [6.45, 7) is 11.8. The minimum absolute atomic E-state index is 0.729. The molecule has 0 aromatic heterocycles. The average molecular weight is 284 g/mol. The van der Waals surface area contributed by atoms with E-state index in [0.29, 0.717) is 0 Å². The lowest BCUT2D eigenvalue weighted by molar-refractivity contribution is 0.101. The second-order valence-electron chi connectivity index (χ2n) is 6.37. The predicted molar refractivity (Wildman–Crippen MR) is 87.2 cm³/mol. The Bertz CT molecular complexity index is 235. The molecule has 0 aliphatic heterocycles. The maximum Gasteiger partial charge on any atom is 0.0593 e. The van der Waals surface area contributed by atoms with Crippen molar-refractivity contribution in [1.82, 2.24) is 10.2 Å². The highest BCUT2D eigenvalue weighted by Gasteiger charge is 2.29. The molecule has 0 aromatic rings. The standard InChI is InChI=1S/C17H36N2O/c1-5-10-18-17-9-8-15(6-2)13-16(17)14-19(4)11-12-20-7-3/h15-18H,5-14H2,1-4H3. The molecule has 0 amide bonds. The Balaban J connectivity index is 2.41. The van der Waals surface area contributed by atoms with Gasteiger partial charge in [-0.05, 0) is 58.0 Å². The van der Waals surface area contributed by atoms with E-state index in [2.05, 4.69) is 38.0 Å². The van der Waals surface area contributed by atoms with Crippen molar-refractivity contribution in [2.45, 2.75) is 58.9 Å². The van der Waals surface area contributed by atoms with E-state index in [0.717, 1.165) is 37.6 Å². The highest BCUT2D eigenvalue weighted by molar-refractivity contribution is 4.86. The van der Waals surface area contributed by atoms with Gasteiger partial charge in [-0.1, -0.05) is 20.3 Å². The molecule has 1 fully saturated rings. The van der Waals surface area contributed by atoms with Crippen LogP contribution in [0.25, 0.3) is 0 Å². The van der Waals surface area contributed by atoms with Crippen LogP contribution in [0.1, 0.15) is 52.9 Å². The fourth-order valence-corrected chi connectivity index (χ4v) is 3.39. The molecule has 3 atom stereocenters. The summed E-state index contributed by atoms with van der Waals surface area (Å²) < 4.78 is 5.47. The number of ether oxygens (including phenoxy) is 1. The van der Waals surface area contributed by atoms with Gasteiger partial charge in [0, 0.05) is 25.7 Å². The first-order chi connectivity index (χ1) is 9.71. The summed E-state index contributed by atoms with van der Waals surface area (Å²) in [5, 5.41) is 3.78. The summed E-state index contributed by atoms with van der Waals surface area (Å²) >= 11 is 0. The summed E-state index contributed by atoms with van der Waals surface area (Å²) in [6.07, 6.45) is 6.76. The van der Waals surface area contributed by atoms with Gasteiger partial charge in [0.15, 0.2) is 0 Å². The Labute approximate surface area is 126 Å². The molecule has 20 heavy (non-hydrogen) atoms. The number of hydrogen-bond donors (Lipinski definition) is 1. The number of hydrogen-bond acceptors (Lipinski definition) is 3. The normalized spacial score (nSPS) is 27.1. The zero-order chi connectivity index (χ0) is 14.8. The van der Waals surface area contributed by atoms with E-state index in [1.54, 1.807) is 0 Å². The maximum atomic E-state index is 5.47. The van der Waals surface area contributed by atoms with Crippen LogP contribution in [-0.2, 0) is 4.74 Å². The van der Waals surface area contributed by atoms with Crippen LogP contribution >= 0.6 is 0 Å². The fraction of sp³-hybridized carbons (Fsp3) is 1.00. The molecule has 1 aliphatic rings. The van der Waals surface area contributed by atoms with Crippen molar-refractivity contribution in [3.63, 3.8) is 0 Å². The third-order valence-electron chi connectivity index (χ3n) is 4.69. The van der Waals surface area contributed by atoms with Crippen LogP contribution in [0.2, 0.25) is 0 Å². The smallest absolute Gasteiger partial charge is 0.0593 e. The topological polar surface area (TPSA) is 24.5 Å². The first-order valence-corrected chi connectivity index (χ1v) is 8.70. The van der Waals surface area contributed by atoms with Crippen molar-refractivity contribution in [3.8, 4) is 0 Å². The molecular weight excluding hydrogens is 248 g/mol. The van der Waals surface area contributed by atoms with Crippen LogP contribution in [0.5, 0.6) is 0 Å². The van der Waals surface area contributed by atoms with Gasteiger partial charge < -0.3 is 15.0 Å². The van der Waals surface area contributed by atoms with Crippen molar-refractivity contribution < 1.29 is 4.74 Å². The average Bonchev–Trinajstić information content (AvgIpc) is 2.46. The van der Waals surface area contributed by atoms with E-state index >= 15 is 0 Å². The van der Waals surface area contributed by atoms with Crippen LogP contribution in [0.4, 0.5) is 0 Å². The monoisotopic (exact) mass is 284 g/mol. The zero-order valence-electron chi connectivity index (χ0n) is 14.2. The summed E-state index contributed by atoms with van der Waals surface area (Å²) in [4.78, 5) is 2.46. The lowest BCUT2D eigenvalue weighted by Gasteiger charge is -2.38. The first kappa shape index (κ1) is 17.9. The van der Waals surface area contributed by atoms with Gasteiger partial charge in [0.1, 0.15) is 0 Å². The minimum atomic E-state index is 0.729. The molecule has 0 aromatic carbocycles. The molecule has 1 rings (SSSR count). The Morgan fingerprint density at radius 3 is 2.65 bits per heavy atom. The second kappa shape index (κ2) is 10.6. The number of nitrogens with zero attached hydrogens (tertiary/aromatic N) is 1. The van der Waals surface area contributed by atoms with Crippen LogP contribution in [0.15, 0.2) is 0 Å². The quantitative estimate of drug-likeness (QED) is 0.624. The van der Waals surface area contributed by atoms with Gasteiger partial charge in [-0.3, -0.25) is 0 Å². The van der Waals surface area contributed by atoms with E-state index in [4.69, 9.17) is 4.74 Å². The Kier molecular flexibility index (Phi) is 9.49. The van der Waals surface area contributed by atoms with Gasteiger partial charge in [0.05, 0.1) is 6.61 Å². The largest absolute Gasteiger partial charge is 0.380 e. The van der Waals surface area contributed by atoms with Crippen LogP contribution in [0, 0.1) is 11.8 Å². The Hall–Kier alpha value is -0.120. The van der Waals surface area contributed by atoms with Gasteiger partial charge >= 0.3 is 0 Å². The van der Waals surface area contributed by atoms with E-state index in [9.17, 15) is 0 Å². The van der Waals surface area contributed by atoms with Gasteiger partial charge in [-0.2, -0.15) is 0 Å². The summed E-state index contributed by atoms with van der Waals surface area (Å²) in [5.41, 5.74) is 0. The number of likely N-dealkylation sites (N-methyl/N-ethyl adjacent to an activating group) is 1. The van der Waals surface area contributed by atoms with Crippen molar-refractivity contribution in [2.75, 3.05) is 39.9 Å². The van der Waals surface area contributed by atoms with Crippen molar-refractivity contribution in [2.24, 2.45) is 11.8 Å². The molecule has 120 valence electrons. The van der Waals surface area contributed by atoms with Gasteiger partial charge in [-0.15, -0.1) is 0 Å². The third kappa shape index (κ3) is 6.55. The predicted octanol–water partition coefficient (Wildman–Crippen LogP) is 3.15. The lowest BCUT2D eigenvalue weighted by atomic mass is 9.76. The second-order valence-corrected chi connectivity index (χ2v) is 6.37. The van der Waals surface area contributed by atoms with Crippen molar-refractivity contribution in [1.29, 1.82) is 0 Å². The number of nitrogens with one attached hydrogen (secondary N) is 1. The molecule has 0 saturated heterocycles. The van der Waals surface area contributed by atoms with E-state index in [1.807, 2.05) is 0 Å². The third-order valence-corrected chi connectivity index (χ3v) is 4.69. The SMILES string of the molecule is CCCNC1CCC(CC)CC1CN(C)CCOCC. The highest BCUT2D eigenvalue weighted by Crippen LogP contribution is 2.31. The molecule has 1 N–H and O–H groups in total. The van der Waals surface area contributed by atoms with Crippen LogP contribution in [-0.4, -0.2) is 50.8 Å². The Morgan fingerprint density at radius 2 is 2.00 bits per heavy atom. The minimum Gasteiger partial charge on any atom is -0.380 e. The van der Waals surface area contributed by atoms with E-state index in [1.165, 1.54) is 45.2 Å².